The third-order valence-corrected chi connectivity index (χ3v) is 9.50. The molecule has 1 saturated heterocycles. The summed E-state index contributed by atoms with van der Waals surface area (Å²) in [6.07, 6.45) is 3.28. The molecule has 0 aromatic rings. The Kier molecular flexibility index (Phi) is 9.52. The van der Waals surface area contributed by atoms with E-state index in [-0.39, 0.29) is 40.5 Å². The molecule has 2 aliphatic carbocycles. The number of amides is 5. The van der Waals surface area contributed by atoms with Crippen LogP contribution in [0.3, 0.4) is 0 Å². The van der Waals surface area contributed by atoms with Crippen LogP contribution in [0.4, 0.5) is 4.79 Å². The first-order valence-corrected chi connectivity index (χ1v) is 14.8. The van der Waals surface area contributed by atoms with E-state index in [1.807, 2.05) is 41.5 Å². The van der Waals surface area contributed by atoms with Gasteiger partial charge < -0.3 is 31.3 Å². The van der Waals surface area contributed by atoms with Gasteiger partial charge in [-0.15, -0.1) is 0 Å². The third-order valence-electron chi connectivity index (χ3n) is 9.50. The van der Waals surface area contributed by atoms with Crippen molar-refractivity contribution in [3.05, 3.63) is 0 Å². The predicted octanol–water partition coefficient (Wildman–Crippen LogP) is 1.97. The molecule has 0 spiro atoms. The zero-order chi connectivity index (χ0) is 31.1. The number of methoxy groups -OCH3 is 1. The molecule has 0 aromatic heterocycles. The van der Waals surface area contributed by atoms with Crippen LogP contribution in [0.5, 0.6) is 0 Å². The lowest BCUT2D eigenvalue weighted by molar-refractivity contribution is -0.145. The number of nitrogens with one attached hydrogen (secondary N) is 3. The monoisotopic (exact) mass is 577 g/mol. The molecular weight excluding hydrogens is 526 g/mol. The molecule has 5 amide bonds. The molecule has 0 aromatic carbocycles. The maximum Gasteiger partial charge on any atom is 0.315 e. The van der Waals surface area contributed by atoms with Crippen molar-refractivity contribution in [2.75, 3.05) is 20.3 Å². The van der Waals surface area contributed by atoms with Gasteiger partial charge in [-0.25, -0.2) is 4.79 Å². The zero-order valence-electron chi connectivity index (χ0n) is 26.3. The number of hydrogen-bond donors (Lipinski definition) is 4. The molecular formula is C30H51N5O6. The summed E-state index contributed by atoms with van der Waals surface area (Å²) in [6, 6.07) is -3.54. The van der Waals surface area contributed by atoms with Crippen LogP contribution in [-0.2, 0) is 23.9 Å². The van der Waals surface area contributed by atoms with E-state index in [4.69, 9.17) is 10.5 Å². The third kappa shape index (κ3) is 7.21. The number of primary amides is 1. The fourth-order valence-electron chi connectivity index (χ4n) is 6.36. The minimum atomic E-state index is -1.08. The quantitative estimate of drug-likeness (QED) is 0.275. The topological polar surface area (TPSA) is 160 Å². The Morgan fingerprint density at radius 1 is 0.976 bits per heavy atom. The van der Waals surface area contributed by atoms with Crippen molar-refractivity contribution in [3.63, 3.8) is 0 Å². The highest BCUT2D eigenvalue weighted by Gasteiger charge is 2.70. The van der Waals surface area contributed by atoms with Gasteiger partial charge in [-0.3, -0.25) is 19.2 Å². The van der Waals surface area contributed by atoms with Gasteiger partial charge in [0.2, 0.25) is 17.6 Å². The van der Waals surface area contributed by atoms with Gasteiger partial charge in [0.1, 0.15) is 12.1 Å². The normalized spacial score (nSPS) is 25.7. The average Bonchev–Trinajstić information content (AvgIpc) is 3.14. The van der Waals surface area contributed by atoms with Crippen LogP contribution in [0.25, 0.3) is 0 Å². The van der Waals surface area contributed by atoms with E-state index in [2.05, 4.69) is 29.8 Å². The predicted molar refractivity (Wildman–Crippen MR) is 154 cm³/mol. The van der Waals surface area contributed by atoms with E-state index in [1.165, 1.54) is 0 Å². The Hall–Kier alpha value is -2.69. The van der Waals surface area contributed by atoms with Crippen molar-refractivity contribution in [1.82, 2.24) is 20.9 Å². The number of ketones is 1. The summed E-state index contributed by atoms with van der Waals surface area (Å²) in [5.41, 5.74) is 4.21. The van der Waals surface area contributed by atoms with Gasteiger partial charge in [-0.2, -0.15) is 0 Å². The van der Waals surface area contributed by atoms with Gasteiger partial charge >= 0.3 is 6.03 Å². The lowest BCUT2D eigenvalue weighted by Gasteiger charge is -2.39. The van der Waals surface area contributed by atoms with Crippen molar-refractivity contribution in [1.29, 1.82) is 0 Å². The molecule has 232 valence electrons. The summed E-state index contributed by atoms with van der Waals surface area (Å²) in [5.74, 6) is -2.45. The van der Waals surface area contributed by atoms with Crippen LogP contribution in [0.1, 0.15) is 81.1 Å². The standard InChI is InChI=1S/C30H51N5O6/c1-28(2,3)19(15-41-9)33-27(40)34-23(29(4,5)6)26(39)35-14-17-20(30(17,7)8)21(35)25(38)32-18(22(36)24(31)37)13-16-11-10-12-16/h16-21,23H,10-15H2,1-9H3,(H2,31,37)(H,32,38)(H2,33,34,40)/t17-,18?,19+,20?,21-,23+/m0/s1. The number of urea groups is 1. The van der Waals surface area contributed by atoms with Crippen LogP contribution in [0.2, 0.25) is 0 Å². The second-order valence-corrected chi connectivity index (χ2v) is 15.0. The fraction of sp³-hybridized carbons (Fsp3) is 0.833. The number of carbonyl (C=O) groups excluding carboxylic acids is 5. The van der Waals surface area contributed by atoms with Gasteiger partial charge in [0.25, 0.3) is 5.91 Å². The second kappa shape index (κ2) is 11.9. The SMILES string of the molecule is COC[C@@H](NC(=O)N[C@H](C(=O)N1C[C@H]2C([C@H]1C(=O)NC(CC1CCC1)C(=O)C(N)=O)C2(C)C)C(C)(C)C)C(C)(C)C. The van der Waals surface area contributed by atoms with Crippen LogP contribution < -0.4 is 21.7 Å². The Bertz CT molecular complexity index is 1040. The molecule has 2 unspecified atom stereocenters. The number of hydrogen-bond acceptors (Lipinski definition) is 6. The summed E-state index contributed by atoms with van der Waals surface area (Å²) < 4.78 is 5.29. The van der Waals surface area contributed by atoms with E-state index >= 15 is 0 Å². The molecule has 11 heteroatoms. The molecule has 0 bridgehead atoms. The van der Waals surface area contributed by atoms with Gasteiger partial charge in [0, 0.05) is 13.7 Å². The molecule has 1 heterocycles. The Morgan fingerprint density at radius 2 is 1.59 bits per heavy atom. The highest BCUT2D eigenvalue weighted by molar-refractivity contribution is 6.37. The van der Waals surface area contributed by atoms with Crippen molar-refractivity contribution in [2.24, 2.45) is 39.7 Å². The van der Waals surface area contributed by atoms with Crippen LogP contribution in [0, 0.1) is 34.0 Å². The number of rotatable bonds is 11. The first kappa shape index (κ1) is 32.8. The zero-order valence-corrected chi connectivity index (χ0v) is 26.3. The largest absolute Gasteiger partial charge is 0.383 e. The minimum absolute atomic E-state index is 0.0964. The molecule has 3 aliphatic rings. The molecule has 41 heavy (non-hydrogen) atoms. The molecule has 1 aliphatic heterocycles. The lowest BCUT2D eigenvalue weighted by atomic mass is 9.80. The summed E-state index contributed by atoms with van der Waals surface area (Å²) >= 11 is 0. The van der Waals surface area contributed by atoms with Crippen molar-refractivity contribution >= 4 is 29.5 Å². The average molecular weight is 578 g/mol. The highest BCUT2D eigenvalue weighted by atomic mass is 16.5. The number of nitrogens with zero attached hydrogens (tertiary/aromatic N) is 1. The maximum atomic E-state index is 14.1. The molecule has 0 radical (unpaired) electrons. The summed E-state index contributed by atoms with van der Waals surface area (Å²) in [5, 5.41) is 8.62. The second-order valence-electron chi connectivity index (χ2n) is 15.0. The summed E-state index contributed by atoms with van der Waals surface area (Å²) in [6.45, 7) is 16.4. The number of fused-ring (bicyclic) bond motifs is 1. The Balaban J connectivity index is 1.82. The smallest absolute Gasteiger partial charge is 0.315 e. The van der Waals surface area contributed by atoms with Crippen molar-refractivity contribution in [3.8, 4) is 0 Å². The number of ether oxygens (including phenoxy) is 1. The van der Waals surface area contributed by atoms with Crippen LogP contribution in [-0.4, -0.2) is 78.9 Å². The van der Waals surface area contributed by atoms with E-state index in [0.29, 0.717) is 19.6 Å². The van der Waals surface area contributed by atoms with Crippen molar-refractivity contribution in [2.45, 2.75) is 105 Å². The molecule has 3 rings (SSSR count). The first-order chi connectivity index (χ1) is 18.8. The maximum absolute atomic E-state index is 14.1. The van der Waals surface area contributed by atoms with E-state index in [0.717, 1.165) is 19.3 Å². The highest BCUT2D eigenvalue weighted by Crippen LogP contribution is 2.65. The number of carbonyl (C=O) groups is 5. The van der Waals surface area contributed by atoms with Crippen LogP contribution >= 0.6 is 0 Å². The molecule has 3 fully saturated rings. The fourth-order valence-corrected chi connectivity index (χ4v) is 6.36. The Labute approximate surface area is 244 Å². The van der Waals surface area contributed by atoms with Gasteiger partial charge in [0.15, 0.2) is 0 Å². The lowest BCUT2D eigenvalue weighted by Crippen LogP contribution is -2.62. The molecule has 2 saturated carbocycles. The minimum Gasteiger partial charge on any atom is -0.383 e. The van der Waals surface area contributed by atoms with Gasteiger partial charge in [0.05, 0.1) is 18.7 Å². The number of likely N-dealkylation sites (tertiary alicyclic amines) is 1. The molecule has 6 atom stereocenters. The van der Waals surface area contributed by atoms with Gasteiger partial charge in [-0.05, 0) is 40.4 Å². The summed E-state index contributed by atoms with van der Waals surface area (Å²) in [4.78, 5) is 67.0. The van der Waals surface area contributed by atoms with E-state index in [1.54, 1.807) is 12.0 Å². The summed E-state index contributed by atoms with van der Waals surface area (Å²) in [7, 11) is 1.57. The molecule has 11 nitrogen and oxygen atoms in total. The number of Topliss-reactive ketones (excluding diaryl/α,β-unsaturated/α-hetero) is 1. The van der Waals surface area contributed by atoms with E-state index in [9.17, 15) is 24.0 Å². The van der Waals surface area contributed by atoms with E-state index < -0.39 is 47.2 Å². The van der Waals surface area contributed by atoms with Crippen LogP contribution in [0.15, 0.2) is 0 Å². The Morgan fingerprint density at radius 3 is 2.05 bits per heavy atom. The van der Waals surface area contributed by atoms with Crippen molar-refractivity contribution < 1.29 is 28.7 Å². The molecule has 5 N–H and O–H groups in total. The number of nitrogens with two attached hydrogens (primary N) is 1. The number of piperidine rings is 1. The first-order valence-electron chi connectivity index (χ1n) is 14.8. The van der Waals surface area contributed by atoms with Gasteiger partial charge in [-0.1, -0.05) is 74.7 Å².